The minimum absolute atomic E-state index is 0.117. The van der Waals surface area contributed by atoms with Crippen molar-refractivity contribution >= 4 is 34.0 Å². The summed E-state index contributed by atoms with van der Waals surface area (Å²) in [6, 6.07) is 14.1. The average Bonchev–Trinajstić information content (AvgIpc) is 3.31. The lowest BCUT2D eigenvalue weighted by molar-refractivity contribution is -0.118. The predicted molar refractivity (Wildman–Crippen MR) is 109 cm³/mol. The second kappa shape index (κ2) is 8.11. The van der Waals surface area contributed by atoms with Crippen LogP contribution in [0.1, 0.15) is 5.56 Å². The molecular weight excluding hydrogens is 392 g/mol. The van der Waals surface area contributed by atoms with Crippen molar-refractivity contribution in [1.82, 2.24) is 14.6 Å². The van der Waals surface area contributed by atoms with E-state index in [0.29, 0.717) is 26.7 Å². The minimum Gasteiger partial charge on any atom is -0.497 e. The van der Waals surface area contributed by atoms with E-state index in [1.54, 1.807) is 49.6 Å². The Bertz CT molecular complexity index is 1250. The molecule has 9 heteroatoms. The average molecular weight is 408 g/mol. The third kappa shape index (κ3) is 4.25. The second-order valence-corrected chi connectivity index (χ2v) is 7.01. The number of nitrogens with zero attached hydrogens (tertiary/aromatic N) is 3. The third-order valence-electron chi connectivity index (χ3n) is 4.04. The van der Waals surface area contributed by atoms with Gasteiger partial charge in [0.1, 0.15) is 17.8 Å². The first-order valence-electron chi connectivity index (χ1n) is 8.63. The number of carbonyl (C=O) groups excluding carboxylic acids is 1. The fourth-order valence-corrected chi connectivity index (χ4v) is 3.49. The van der Waals surface area contributed by atoms with Gasteiger partial charge in [0.25, 0.3) is 11.5 Å². The number of anilines is 1. The van der Waals surface area contributed by atoms with Crippen LogP contribution in [0.2, 0.25) is 0 Å². The molecule has 4 rings (SSSR count). The smallest absolute Gasteiger partial charge is 0.291 e. The van der Waals surface area contributed by atoms with Gasteiger partial charge in [0.05, 0.1) is 11.6 Å². The van der Waals surface area contributed by atoms with Crippen molar-refractivity contribution in [2.75, 3.05) is 19.0 Å². The van der Waals surface area contributed by atoms with Crippen molar-refractivity contribution in [2.24, 2.45) is 0 Å². The van der Waals surface area contributed by atoms with Crippen molar-refractivity contribution in [3.05, 3.63) is 75.3 Å². The van der Waals surface area contributed by atoms with Crippen LogP contribution in [0, 0.1) is 0 Å². The summed E-state index contributed by atoms with van der Waals surface area (Å²) in [4.78, 5) is 28.8. The third-order valence-corrected chi connectivity index (χ3v) is 5.02. The first-order chi connectivity index (χ1) is 14.1. The van der Waals surface area contributed by atoms with Crippen molar-refractivity contribution in [1.29, 1.82) is 0 Å². The summed E-state index contributed by atoms with van der Waals surface area (Å²) in [5.41, 5.74) is 1.30. The van der Waals surface area contributed by atoms with Gasteiger partial charge in [-0.3, -0.25) is 9.59 Å². The first kappa shape index (κ1) is 18.6. The number of carbonyl (C=O) groups is 1. The van der Waals surface area contributed by atoms with E-state index in [4.69, 9.17) is 9.47 Å². The summed E-state index contributed by atoms with van der Waals surface area (Å²) in [6.07, 6.45) is 3.12. The topological polar surface area (TPSA) is 94.8 Å². The molecule has 2 heterocycles. The molecule has 29 heavy (non-hydrogen) atoms. The van der Waals surface area contributed by atoms with E-state index in [-0.39, 0.29) is 18.1 Å². The highest BCUT2D eigenvalue weighted by Gasteiger charge is 2.06. The molecule has 2 aromatic heterocycles. The zero-order chi connectivity index (χ0) is 20.2. The van der Waals surface area contributed by atoms with E-state index < -0.39 is 0 Å². The number of methoxy groups -OCH3 is 1. The van der Waals surface area contributed by atoms with Crippen LogP contribution in [0.4, 0.5) is 5.69 Å². The monoisotopic (exact) mass is 408 g/mol. The Balaban J connectivity index is 1.37. The van der Waals surface area contributed by atoms with Crippen molar-refractivity contribution < 1.29 is 14.3 Å². The number of hydrogen-bond donors (Lipinski definition) is 1. The van der Waals surface area contributed by atoms with Gasteiger partial charge < -0.3 is 14.8 Å². The Morgan fingerprint density at radius 2 is 1.86 bits per heavy atom. The largest absolute Gasteiger partial charge is 0.497 e. The molecular formula is C20H16N4O4S. The Labute approximate surface area is 169 Å². The molecule has 8 nitrogen and oxygen atoms in total. The molecule has 0 aliphatic heterocycles. The van der Waals surface area contributed by atoms with Crippen LogP contribution in [-0.2, 0) is 4.79 Å². The molecule has 0 spiro atoms. The number of amides is 1. The van der Waals surface area contributed by atoms with Gasteiger partial charge in [0.2, 0.25) is 4.96 Å². The van der Waals surface area contributed by atoms with E-state index in [1.165, 1.54) is 22.2 Å². The second-order valence-electron chi connectivity index (χ2n) is 6.00. The lowest BCUT2D eigenvalue weighted by Gasteiger charge is -2.08. The molecule has 0 aliphatic carbocycles. The number of rotatable bonds is 6. The quantitative estimate of drug-likeness (QED) is 0.522. The predicted octanol–water partition coefficient (Wildman–Crippen LogP) is 1.72. The van der Waals surface area contributed by atoms with Crippen molar-refractivity contribution in [2.45, 2.75) is 0 Å². The van der Waals surface area contributed by atoms with Gasteiger partial charge in [-0.25, -0.2) is 4.98 Å². The maximum absolute atomic E-state index is 12.2. The number of thiazole rings is 1. The van der Waals surface area contributed by atoms with Crippen LogP contribution in [0.3, 0.4) is 0 Å². The summed E-state index contributed by atoms with van der Waals surface area (Å²) in [5.74, 6) is 1.00. The molecule has 0 saturated heterocycles. The highest BCUT2D eigenvalue weighted by atomic mass is 32.1. The van der Waals surface area contributed by atoms with Gasteiger partial charge in [-0.05, 0) is 48.0 Å². The molecule has 4 aromatic rings. The standard InChI is InChI=1S/C20H16N4O4S/c1-27-15-8-4-14(5-9-15)23-18(25)11-28-16-6-2-13(3-7-16)10-17-19(26)24-20(29-17)21-12-22-24/h2-10,12H,11H2,1H3,(H,23,25)/b17-10-. The van der Waals surface area contributed by atoms with E-state index in [9.17, 15) is 9.59 Å². The summed E-state index contributed by atoms with van der Waals surface area (Å²) >= 11 is 1.28. The van der Waals surface area contributed by atoms with Crippen LogP contribution in [-0.4, -0.2) is 34.2 Å². The normalized spacial score (nSPS) is 11.6. The molecule has 1 N–H and O–H groups in total. The molecule has 0 unspecified atom stereocenters. The SMILES string of the molecule is COc1ccc(NC(=O)COc2ccc(/C=c3\sc4ncnn4c3=O)cc2)cc1. The van der Waals surface area contributed by atoms with Crippen molar-refractivity contribution in [3.8, 4) is 11.5 Å². The molecule has 0 fully saturated rings. The Morgan fingerprint density at radius 3 is 2.55 bits per heavy atom. The summed E-state index contributed by atoms with van der Waals surface area (Å²) in [6.45, 7) is -0.117. The minimum atomic E-state index is -0.267. The lowest BCUT2D eigenvalue weighted by atomic mass is 10.2. The van der Waals surface area contributed by atoms with Crippen molar-refractivity contribution in [3.63, 3.8) is 0 Å². The van der Waals surface area contributed by atoms with E-state index in [1.807, 2.05) is 12.1 Å². The molecule has 2 aromatic carbocycles. The zero-order valence-corrected chi connectivity index (χ0v) is 16.2. The van der Waals surface area contributed by atoms with E-state index in [0.717, 1.165) is 5.56 Å². The van der Waals surface area contributed by atoms with Gasteiger partial charge in [-0.1, -0.05) is 23.5 Å². The Morgan fingerprint density at radius 1 is 1.14 bits per heavy atom. The fourth-order valence-electron chi connectivity index (χ4n) is 2.61. The van der Waals surface area contributed by atoms with Crippen LogP contribution >= 0.6 is 11.3 Å². The van der Waals surface area contributed by atoms with Gasteiger partial charge in [0.15, 0.2) is 6.61 Å². The number of hydrogen-bond acceptors (Lipinski definition) is 7. The molecule has 1 amide bonds. The molecule has 146 valence electrons. The van der Waals surface area contributed by atoms with Gasteiger partial charge in [-0.15, -0.1) is 0 Å². The van der Waals surface area contributed by atoms with Crippen LogP contribution in [0.25, 0.3) is 11.0 Å². The van der Waals surface area contributed by atoms with E-state index >= 15 is 0 Å². The van der Waals surface area contributed by atoms with Crippen LogP contribution in [0.15, 0.2) is 59.7 Å². The molecule has 0 aliphatic rings. The number of fused-ring (bicyclic) bond motifs is 1. The van der Waals surface area contributed by atoms with E-state index in [2.05, 4.69) is 15.4 Å². The van der Waals surface area contributed by atoms with Gasteiger partial charge >= 0.3 is 0 Å². The number of benzene rings is 2. The number of aromatic nitrogens is 3. The number of nitrogens with one attached hydrogen (secondary N) is 1. The van der Waals surface area contributed by atoms with Crippen LogP contribution < -0.4 is 24.9 Å². The molecule has 0 bridgehead atoms. The molecule has 0 saturated carbocycles. The van der Waals surface area contributed by atoms with Gasteiger partial charge in [0, 0.05) is 5.69 Å². The fraction of sp³-hybridized carbons (Fsp3) is 0.100. The number of ether oxygens (including phenoxy) is 2. The van der Waals surface area contributed by atoms with Gasteiger partial charge in [-0.2, -0.15) is 9.61 Å². The zero-order valence-electron chi connectivity index (χ0n) is 15.4. The highest BCUT2D eigenvalue weighted by Crippen LogP contribution is 2.16. The first-order valence-corrected chi connectivity index (χ1v) is 9.45. The highest BCUT2D eigenvalue weighted by molar-refractivity contribution is 7.15. The Kier molecular flexibility index (Phi) is 5.21. The summed E-state index contributed by atoms with van der Waals surface area (Å²) < 4.78 is 12.4. The lowest BCUT2D eigenvalue weighted by Crippen LogP contribution is -2.23. The maximum Gasteiger partial charge on any atom is 0.291 e. The molecule has 0 radical (unpaired) electrons. The maximum atomic E-state index is 12.2. The van der Waals surface area contributed by atoms with Crippen LogP contribution in [0.5, 0.6) is 11.5 Å². The molecule has 0 atom stereocenters. The summed E-state index contributed by atoms with van der Waals surface area (Å²) in [5, 5.41) is 6.64. The Hall–Kier alpha value is -3.72. The summed E-state index contributed by atoms with van der Waals surface area (Å²) in [7, 11) is 1.58.